The summed E-state index contributed by atoms with van der Waals surface area (Å²) in [6.45, 7) is 0. The zero-order valence-electron chi connectivity index (χ0n) is 12.1. The third kappa shape index (κ3) is 3.78. The predicted octanol–water partition coefficient (Wildman–Crippen LogP) is 4.21. The average molecular weight is 351 g/mol. The number of hydrogen-bond acceptors (Lipinski definition) is 3. The van der Waals surface area contributed by atoms with Crippen molar-refractivity contribution in [1.29, 1.82) is 0 Å². The Kier molecular flexibility index (Phi) is 4.75. The van der Waals surface area contributed by atoms with Gasteiger partial charge in [0, 0.05) is 0 Å². The average Bonchev–Trinajstić information content (AvgIpc) is 2.52. The van der Waals surface area contributed by atoms with Gasteiger partial charge in [0.15, 0.2) is 0 Å². The summed E-state index contributed by atoms with van der Waals surface area (Å²) in [5.74, 6) is -0.731. The molecular weight excluding hydrogens is 340 g/mol. The molecule has 0 saturated heterocycles. The van der Waals surface area contributed by atoms with Gasteiger partial charge in [-0.1, -0.05) is 12.1 Å². The second-order valence-corrected chi connectivity index (χ2v) is 4.81. The first-order chi connectivity index (χ1) is 11.0. The predicted molar refractivity (Wildman–Crippen MR) is 71.3 cm³/mol. The van der Waals surface area contributed by atoms with E-state index in [1.807, 2.05) is 0 Å². The Labute approximate surface area is 132 Å². The monoisotopic (exact) mass is 351 g/mol. The van der Waals surface area contributed by atoms with Crippen molar-refractivity contribution in [3.63, 3.8) is 0 Å². The molecule has 0 spiro atoms. The summed E-state index contributed by atoms with van der Waals surface area (Å²) < 4.78 is 80.3. The maximum Gasteiger partial charge on any atom is 0.421 e. The second-order valence-electron chi connectivity index (χ2n) is 4.81. The van der Waals surface area contributed by atoms with Crippen LogP contribution in [-0.4, -0.2) is 17.2 Å². The molecule has 0 aliphatic rings. The number of aromatic nitrogens is 1. The largest absolute Gasteiger partial charge is 0.481 e. The minimum atomic E-state index is -4.68. The molecule has 1 aromatic carbocycles. The highest BCUT2D eigenvalue weighted by Crippen LogP contribution is 2.36. The van der Waals surface area contributed by atoms with Crippen LogP contribution in [0.25, 0.3) is 0 Å². The Morgan fingerprint density at radius 2 is 1.50 bits per heavy atom. The van der Waals surface area contributed by atoms with E-state index < -0.39 is 35.5 Å². The molecule has 0 amide bonds. The number of halogens is 6. The first kappa shape index (κ1) is 18.1. The van der Waals surface area contributed by atoms with Crippen molar-refractivity contribution in [3.05, 3.63) is 58.8 Å². The highest BCUT2D eigenvalue weighted by molar-refractivity contribution is 5.35. The van der Waals surface area contributed by atoms with Gasteiger partial charge in [0.25, 0.3) is 0 Å². The molecule has 24 heavy (non-hydrogen) atoms. The van der Waals surface area contributed by atoms with Crippen molar-refractivity contribution in [2.24, 2.45) is 0 Å². The molecule has 0 radical (unpaired) electrons. The number of rotatable bonds is 3. The molecule has 0 aliphatic heterocycles. The number of pyridine rings is 1. The van der Waals surface area contributed by atoms with E-state index in [4.69, 9.17) is 0 Å². The van der Waals surface area contributed by atoms with Crippen molar-refractivity contribution in [2.75, 3.05) is 7.11 Å². The van der Waals surface area contributed by atoms with E-state index in [-0.39, 0.29) is 11.3 Å². The van der Waals surface area contributed by atoms with Gasteiger partial charge < -0.3 is 9.84 Å². The lowest BCUT2D eigenvalue weighted by molar-refractivity contribution is -0.139. The van der Waals surface area contributed by atoms with Crippen molar-refractivity contribution in [2.45, 2.75) is 18.5 Å². The van der Waals surface area contributed by atoms with Gasteiger partial charge in [0.2, 0.25) is 5.88 Å². The molecule has 3 nitrogen and oxygen atoms in total. The van der Waals surface area contributed by atoms with E-state index in [1.54, 1.807) is 0 Å². The Morgan fingerprint density at radius 3 is 1.96 bits per heavy atom. The minimum Gasteiger partial charge on any atom is -0.481 e. The topological polar surface area (TPSA) is 42.4 Å². The number of benzene rings is 1. The highest BCUT2D eigenvalue weighted by Gasteiger charge is 2.36. The molecule has 0 aliphatic carbocycles. The molecule has 1 heterocycles. The van der Waals surface area contributed by atoms with Gasteiger partial charge in [0.05, 0.1) is 18.4 Å². The summed E-state index contributed by atoms with van der Waals surface area (Å²) in [6, 6.07) is 5.21. The zero-order chi connectivity index (χ0) is 18.1. The quantitative estimate of drug-likeness (QED) is 0.843. The van der Waals surface area contributed by atoms with Gasteiger partial charge in [-0.05, 0) is 29.8 Å². The minimum absolute atomic E-state index is 0.0531. The van der Waals surface area contributed by atoms with Crippen molar-refractivity contribution < 1.29 is 36.2 Å². The number of ether oxygens (including phenoxy) is 1. The summed E-state index contributed by atoms with van der Waals surface area (Å²) in [5, 5.41) is 10.1. The summed E-state index contributed by atoms with van der Waals surface area (Å²) in [6.07, 6.45) is -10.7. The SMILES string of the molecule is COc1nc(C(O)c2ccc(C(F)(F)F)cc2)ccc1C(F)(F)F. The lowest BCUT2D eigenvalue weighted by Crippen LogP contribution is -2.11. The van der Waals surface area contributed by atoms with Crippen LogP contribution in [0.3, 0.4) is 0 Å². The highest BCUT2D eigenvalue weighted by atomic mass is 19.4. The lowest BCUT2D eigenvalue weighted by Gasteiger charge is -2.16. The zero-order valence-corrected chi connectivity index (χ0v) is 12.1. The Balaban J connectivity index is 2.34. The molecule has 1 N–H and O–H groups in total. The van der Waals surface area contributed by atoms with Crippen LogP contribution in [0.1, 0.15) is 28.5 Å². The van der Waals surface area contributed by atoms with Crippen LogP contribution in [0, 0.1) is 0 Å². The number of methoxy groups -OCH3 is 1. The van der Waals surface area contributed by atoms with E-state index in [1.165, 1.54) is 0 Å². The first-order valence-corrected chi connectivity index (χ1v) is 6.51. The summed E-state index contributed by atoms with van der Waals surface area (Å²) in [7, 11) is 0.992. The fourth-order valence-corrected chi connectivity index (χ4v) is 2.00. The summed E-state index contributed by atoms with van der Waals surface area (Å²) >= 11 is 0. The third-order valence-electron chi connectivity index (χ3n) is 3.21. The Hall–Kier alpha value is -2.29. The van der Waals surface area contributed by atoms with E-state index in [9.17, 15) is 31.4 Å². The van der Waals surface area contributed by atoms with Crippen LogP contribution >= 0.6 is 0 Å². The molecule has 1 atom stereocenters. The van der Waals surface area contributed by atoms with Gasteiger partial charge in [0.1, 0.15) is 11.7 Å². The second kappa shape index (κ2) is 6.31. The number of aliphatic hydroxyl groups is 1. The summed E-state index contributed by atoms with van der Waals surface area (Å²) in [5.41, 5.74) is -2.15. The Morgan fingerprint density at radius 1 is 0.917 bits per heavy atom. The van der Waals surface area contributed by atoms with Crippen LogP contribution in [0.2, 0.25) is 0 Å². The molecule has 2 rings (SSSR count). The lowest BCUT2D eigenvalue weighted by atomic mass is 10.0. The fraction of sp³-hybridized carbons (Fsp3) is 0.267. The molecule has 1 aromatic heterocycles. The molecule has 2 aromatic rings. The number of alkyl halides is 6. The van der Waals surface area contributed by atoms with Gasteiger partial charge in [-0.3, -0.25) is 0 Å². The summed E-state index contributed by atoms with van der Waals surface area (Å²) in [4.78, 5) is 3.59. The van der Waals surface area contributed by atoms with Crippen molar-refractivity contribution in [1.82, 2.24) is 4.98 Å². The molecule has 1 unspecified atom stereocenters. The first-order valence-electron chi connectivity index (χ1n) is 6.51. The molecule has 0 saturated carbocycles. The van der Waals surface area contributed by atoms with E-state index >= 15 is 0 Å². The van der Waals surface area contributed by atoms with Gasteiger partial charge in [-0.2, -0.15) is 26.3 Å². The number of hydrogen-bond donors (Lipinski definition) is 1. The number of nitrogens with zero attached hydrogens (tertiary/aromatic N) is 1. The van der Waals surface area contributed by atoms with Crippen LogP contribution < -0.4 is 4.74 Å². The van der Waals surface area contributed by atoms with Crippen LogP contribution in [0.15, 0.2) is 36.4 Å². The molecule has 9 heteroatoms. The standard InChI is InChI=1S/C15H11F6NO2/c1-24-13-10(15(19,20)21)6-7-11(22-13)12(23)8-2-4-9(5-3-8)14(16,17)18/h2-7,12,23H,1H3. The third-order valence-corrected chi connectivity index (χ3v) is 3.21. The molecular formula is C15H11F6NO2. The molecule has 0 bridgehead atoms. The van der Waals surface area contributed by atoms with Crippen molar-refractivity contribution >= 4 is 0 Å². The normalized spacial score (nSPS) is 13.7. The van der Waals surface area contributed by atoms with E-state index in [0.29, 0.717) is 6.07 Å². The Bertz CT molecular complexity index is 709. The van der Waals surface area contributed by atoms with Crippen LogP contribution in [-0.2, 0) is 12.4 Å². The van der Waals surface area contributed by atoms with E-state index in [2.05, 4.69) is 9.72 Å². The van der Waals surface area contributed by atoms with E-state index in [0.717, 1.165) is 37.4 Å². The molecule has 130 valence electrons. The molecule has 0 fully saturated rings. The smallest absolute Gasteiger partial charge is 0.421 e. The maximum atomic E-state index is 12.8. The van der Waals surface area contributed by atoms with Gasteiger partial charge >= 0.3 is 12.4 Å². The number of aliphatic hydroxyl groups excluding tert-OH is 1. The fourth-order valence-electron chi connectivity index (χ4n) is 2.00. The van der Waals surface area contributed by atoms with Crippen LogP contribution in [0.4, 0.5) is 26.3 Å². The van der Waals surface area contributed by atoms with Crippen LogP contribution in [0.5, 0.6) is 5.88 Å². The van der Waals surface area contributed by atoms with Gasteiger partial charge in [-0.25, -0.2) is 4.98 Å². The van der Waals surface area contributed by atoms with Crippen molar-refractivity contribution in [3.8, 4) is 5.88 Å². The van der Waals surface area contributed by atoms with Gasteiger partial charge in [-0.15, -0.1) is 0 Å². The maximum absolute atomic E-state index is 12.8.